The van der Waals surface area contributed by atoms with Gasteiger partial charge in [0, 0.05) is 18.7 Å². The zero-order chi connectivity index (χ0) is 24.1. The average Bonchev–Trinajstić information content (AvgIpc) is 3.11. The number of esters is 1. The van der Waals surface area contributed by atoms with Gasteiger partial charge in [0.15, 0.2) is 0 Å². The highest BCUT2D eigenvalue weighted by Crippen LogP contribution is 2.33. The van der Waals surface area contributed by atoms with Crippen LogP contribution < -0.4 is 4.74 Å². The molecule has 0 unspecified atom stereocenters. The third-order valence-corrected chi connectivity index (χ3v) is 6.40. The highest BCUT2D eigenvalue weighted by atomic mass is 32.2. The van der Waals surface area contributed by atoms with Gasteiger partial charge in [-0.1, -0.05) is 72.5 Å². The van der Waals surface area contributed by atoms with Gasteiger partial charge in [0.25, 0.3) is 11.6 Å². The number of nitrogens with zero attached hydrogens (tertiary/aromatic N) is 2. The number of nitro benzene ring substituents is 1. The largest absolute Gasteiger partial charge is 0.423 e. The Labute approximate surface area is 205 Å². The number of hydrogen-bond acceptors (Lipinski definition) is 7. The Balaban J connectivity index is 1.40. The van der Waals surface area contributed by atoms with Gasteiger partial charge in [0.05, 0.1) is 15.4 Å². The lowest BCUT2D eigenvalue weighted by molar-refractivity contribution is -0.384. The van der Waals surface area contributed by atoms with Crippen molar-refractivity contribution in [3.63, 3.8) is 0 Å². The molecule has 0 radical (unpaired) electrons. The van der Waals surface area contributed by atoms with E-state index in [1.165, 1.54) is 30.0 Å². The molecule has 1 amide bonds. The zero-order valence-electron chi connectivity index (χ0n) is 17.7. The lowest BCUT2D eigenvalue weighted by Gasteiger charge is -2.14. The average molecular weight is 491 g/mol. The van der Waals surface area contributed by atoms with E-state index in [2.05, 4.69) is 0 Å². The molecule has 34 heavy (non-hydrogen) atoms. The van der Waals surface area contributed by atoms with Crippen LogP contribution >= 0.6 is 24.0 Å². The molecule has 1 aliphatic rings. The number of non-ortho nitro benzene ring substituents is 1. The maximum Gasteiger partial charge on any atom is 0.343 e. The molecule has 0 aromatic heterocycles. The van der Waals surface area contributed by atoms with Crippen molar-refractivity contribution in [3.8, 4) is 5.75 Å². The molecule has 3 aromatic rings. The quantitative estimate of drug-likeness (QED) is 0.111. The molecule has 7 nitrogen and oxygen atoms in total. The second-order valence-corrected chi connectivity index (χ2v) is 9.01. The van der Waals surface area contributed by atoms with Crippen LogP contribution in [0.4, 0.5) is 5.69 Å². The highest BCUT2D eigenvalue weighted by Gasteiger charge is 2.31. The van der Waals surface area contributed by atoms with Gasteiger partial charge < -0.3 is 4.74 Å². The van der Waals surface area contributed by atoms with Gasteiger partial charge in [0.2, 0.25) is 0 Å². The monoisotopic (exact) mass is 490 g/mol. The first-order valence-electron chi connectivity index (χ1n) is 10.3. The minimum absolute atomic E-state index is 0.0810. The number of thioether (sulfide) groups is 1. The highest BCUT2D eigenvalue weighted by molar-refractivity contribution is 8.26. The van der Waals surface area contributed by atoms with E-state index in [1.807, 2.05) is 30.3 Å². The van der Waals surface area contributed by atoms with Crippen LogP contribution in [0.1, 0.15) is 21.5 Å². The lowest BCUT2D eigenvalue weighted by atomic mass is 10.1. The summed E-state index contributed by atoms with van der Waals surface area (Å²) < 4.78 is 5.83. The summed E-state index contributed by atoms with van der Waals surface area (Å²) >= 11 is 6.65. The molecule has 170 valence electrons. The van der Waals surface area contributed by atoms with Crippen molar-refractivity contribution in [1.82, 2.24) is 4.90 Å². The van der Waals surface area contributed by atoms with Crippen molar-refractivity contribution in [1.29, 1.82) is 0 Å². The van der Waals surface area contributed by atoms with E-state index < -0.39 is 10.9 Å². The molecule has 0 N–H and O–H groups in total. The summed E-state index contributed by atoms with van der Waals surface area (Å²) in [4.78, 5) is 37.6. The molecule has 0 aliphatic carbocycles. The van der Waals surface area contributed by atoms with Crippen molar-refractivity contribution >= 4 is 51.9 Å². The SMILES string of the molecule is O=C(Oc1ccc(/C=C2\SC(=S)N(CCc3ccccc3)C2=O)cc1)c1cccc([N+](=O)[O-])c1. The molecule has 0 atom stereocenters. The second kappa shape index (κ2) is 10.4. The minimum atomic E-state index is -0.698. The fraction of sp³-hybridized carbons (Fsp3) is 0.0800. The third kappa shape index (κ3) is 5.56. The zero-order valence-corrected chi connectivity index (χ0v) is 19.4. The first-order chi connectivity index (χ1) is 16.4. The van der Waals surface area contributed by atoms with Crippen molar-refractivity contribution in [2.45, 2.75) is 6.42 Å². The Morgan fingerprint density at radius 1 is 1.06 bits per heavy atom. The fourth-order valence-corrected chi connectivity index (χ4v) is 4.58. The Hall–Kier alpha value is -3.82. The van der Waals surface area contributed by atoms with Gasteiger partial charge in [-0.25, -0.2) is 4.79 Å². The number of nitro groups is 1. The molecule has 1 aliphatic heterocycles. The van der Waals surface area contributed by atoms with Gasteiger partial charge in [-0.15, -0.1) is 0 Å². The van der Waals surface area contributed by atoms with Crippen LogP contribution in [0, 0.1) is 10.1 Å². The maximum atomic E-state index is 12.8. The number of thiocarbonyl (C=S) groups is 1. The second-order valence-electron chi connectivity index (χ2n) is 7.33. The number of hydrogen-bond donors (Lipinski definition) is 0. The van der Waals surface area contributed by atoms with Crippen LogP contribution in [0.15, 0.2) is 83.8 Å². The topological polar surface area (TPSA) is 89.8 Å². The smallest absolute Gasteiger partial charge is 0.343 e. The van der Waals surface area contributed by atoms with Gasteiger partial charge in [-0.3, -0.25) is 19.8 Å². The normalized spacial score (nSPS) is 14.5. The van der Waals surface area contributed by atoms with Gasteiger partial charge >= 0.3 is 5.97 Å². The first-order valence-corrected chi connectivity index (χ1v) is 11.5. The third-order valence-electron chi connectivity index (χ3n) is 5.02. The standard InChI is InChI=1S/C25H18N2O5S2/c28-23-22(34-25(33)26(23)14-13-17-5-2-1-3-6-17)15-18-9-11-21(12-10-18)32-24(29)19-7-4-8-20(16-19)27(30)31/h1-12,15-16H,13-14H2/b22-15-. The molecule has 9 heteroatoms. The van der Waals surface area contributed by atoms with Gasteiger partial charge in [-0.2, -0.15) is 0 Å². The van der Waals surface area contributed by atoms with Crippen LogP contribution in [0.25, 0.3) is 6.08 Å². The van der Waals surface area contributed by atoms with E-state index in [9.17, 15) is 19.7 Å². The van der Waals surface area contributed by atoms with E-state index in [0.717, 1.165) is 17.2 Å². The number of ether oxygens (including phenoxy) is 1. The summed E-state index contributed by atoms with van der Waals surface area (Å²) in [6.45, 7) is 0.512. The fourth-order valence-electron chi connectivity index (χ4n) is 3.27. The van der Waals surface area contributed by atoms with E-state index in [0.29, 0.717) is 22.2 Å². The molecule has 1 heterocycles. The molecule has 0 saturated carbocycles. The van der Waals surface area contributed by atoms with Crippen LogP contribution in [0.2, 0.25) is 0 Å². The van der Waals surface area contributed by atoms with Crippen LogP contribution in [-0.4, -0.2) is 32.6 Å². The van der Waals surface area contributed by atoms with Gasteiger partial charge in [-0.05, 0) is 41.8 Å². The summed E-state index contributed by atoms with van der Waals surface area (Å²) in [7, 11) is 0. The number of carbonyl (C=O) groups is 2. The van der Waals surface area contributed by atoms with Crippen LogP contribution in [0.3, 0.4) is 0 Å². The molecule has 0 spiro atoms. The molecular formula is C25H18N2O5S2. The van der Waals surface area contributed by atoms with Crippen molar-refractivity contribution in [3.05, 3.63) is 111 Å². The number of carbonyl (C=O) groups excluding carboxylic acids is 2. The molecule has 0 bridgehead atoms. The molecule has 1 saturated heterocycles. The summed E-state index contributed by atoms with van der Waals surface area (Å²) in [5.41, 5.74) is 1.78. The molecular weight excluding hydrogens is 472 g/mol. The van der Waals surface area contributed by atoms with E-state index in [1.54, 1.807) is 35.2 Å². The Kier molecular flexibility index (Phi) is 7.15. The Morgan fingerprint density at radius 3 is 2.50 bits per heavy atom. The van der Waals surface area contributed by atoms with Crippen molar-refractivity contribution < 1.29 is 19.2 Å². The molecule has 4 rings (SSSR count). The Morgan fingerprint density at radius 2 is 1.79 bits per heavy atom. The Bertz CT molecular complexity index is 1290. The minimum Gasteiger partial charge on any atom is -0.423 e. The first kappa shape index (κ1) is 23.3. The van der Waals surface area contributed by atoms with E-state index >= 15 is 0 Å². The summed E-state index contributed by atoms with van der Waals surface area (Å²) in [6, 6.07) is 21.9. The molecule has 3 aromatic carbocycles. The van der Waals surface area contributed by atoms with Gasteiger partial charge in [0.1, 0.15) is 10.1 Å². The van der Waals surface area contributed by atoms with E-state index in [-0.39, 0.29) is 22.9 Å². The number of amides is 1. The maximum absolute atomic E-state index is 12.8. The summed E-state index contributed by atoms with van der Waals surface area (Å²) in [5, 5.41) is 10.9. The van der Waals surface area contributed by atoms with Crippen molar-refractivity contribution in [2.24, 2.45) is 0 Å². The van der Waals surface area contributed by atoms with Crippen LogP contribution in [-0.2, 0) is 11.2 Å². The predicted molar refractivity (Wildman–Crippen MR) is 135 cm³/mol. The number of rotatable bonds is 7. The summed E-state index contributed by atoms with van der Waals surface area (Å²) in [5.74, 6) is -0.549. The van der Waals surface area contributed by atoms with Crippen molar-refractivity contribution in [2.75, 3.05) is 6.54 Å². The van der Waals surface area contributed by atoms with E-state index in [4.69, 9.17) is 17.0 Å². The predicted octanol–water partition coefficient (Wildman–Crippen LogP) is 5.26. The number of benzene rings is 3. The van der Waals surface area contributed by atoms with Crippen LogP contribution in [0.5, 0.6) is 5.75 Å². The lowest BCUT2D eigenvalue weighted by Crippen LogP contribution is -2.30. The summed E-state index contributed by atoms with van der Waals surface area (Å²) in [6.07, 6.45) is 2.46. The molecule has 1 fully saturated rings.